The van der Waals surface area contributed by atoms with Gasteiger partial charge in [0.25, 0.3) is 0 Å². The first-order valence-electron chi connectivity index (χ1n) is 17.2. The molecule has 10 rings (SSSR count). The van der Waals surface area contributed by atoms with E-state index in [1.807, 2.05) is 67.0 Å². The average molecular weight is 651 g/mol. The van der Waals surface area contributed by atoms with Crippen LogP contribution >= 0.6 is 0 Å². The van der Waals surface area contributed by atoms with Crippen molar-refractivity contribution in [3.8, 4) is 56.4 Å². The van der Waals surface area contributed by atoms with Crippen LogP contribution in [0.4, 0.5) is 0 Å². The largest absolute Gasteiger partial charge is 0.236 e. The number of hydrogen-bond acceptors (Lipinski definition) is 4. The lowest BCUT2D eigenvalue weighted by Crippen LogP contribution is -2.30. The van der Waals surface area contributed by atoms with E-state index < -0.39 is 5.41 Å². The van der Waals surface area contributed by atoms with E-state index in [1.54, 1.807) is 0 Å². The summed E-state index contributed by atoms with van der Waals surface area (Å²) in [5.41, 5.74) is 14.8. The Kier molecular flexibility index (Phi) is 6.68. The van der Waals surface area contributed by atoms with E-state index in [4.69, 9.17) is 19.9 Å². The average Bonchev–Trinajstić information content (AvgIpc) is 3.42. The van der Waals surface area contributed by atoms with Gasteiger partial charge in [-0.05, 0) is 56.6 Å². The second-order valence-electron chi connectivity index (χ2n) is 13.1. The highest BCUT2D eigenvalue weighted by Gasteiger charge is 2.48. The van der Waals surface area contributed by atoms with Gasteiger partial charge in [-0.3, -0.25) is 0 Å². The van der Waals surface area contributed by atoms with E-state index in [9.17, 15) is 0 Å². The molecule has 2 aliphatic carbocycles. The third kappa shape index (κ3) is 4.61. The first-order valence-corrected chi connectivity index (χ1v) is 17.2. The van der Waals surface area contributed by atoms with Gasteiger partial charge in [0.15, 0.2) is 11.6 Å². The Morgan fingerprint density at radius 1 is 0.353 bits per heavy atom. The van der Waals surface area contributed by atoms with E-state index in [0.29, 0.717) is 11.6 Å². The molecule has 0 N–H and O–H groups in total. The van der Waals surface area contributed by atoms with Crippen LogP contribution in [0.15, 0.2) is 170 Å². The van der Waals surface area contributed by atoms with Crippen LogP contribution in [0.3, 0.4) is 0 Å². The maximum absolute atomic E-state index is 5.21. The molecule has 0 aliphatic heterocycles. The molecule has 4 nitrogen and oxygen atoms in total. The van der Waals surface area contributed by atoms with Crippen molar-refractivity contribution < 1.29 is 0 Å². The lowest BCUT2D eigenvalue weighted by atomic mass is 9.66. The summed E-state index contributed by atoms with van der Waals surface area (Å²) in [4.78, 5) is 19.9. The van der Waals surface area contributed by atoms with Crippen molar-refractivity contribution >= 4 is 12.2 Å². The number of hydrogen-bond donors (Lipinski definition) is 0. The second-order valence-corrected chi connectivity index (χ2v) is 13.1. The van der Waals surface area contributed by atoms with Gasteiger partial charge < -0.3 is 0 Å². The van der Waals surface area contributed by atoms with Gasteiger partial charge in [-0.1, -0.05) is 158 Å². The van der Waals surface area contributed by atoms with Gasteiger partial charge in [-0.2, -0.15) is 0 Å². The van der Waals surface area contributed by atoms with E-state index in [-0.39, 0.29) is 0 Å². The minimum atomic E-state index is -0.528. The Morgan fingerprint density at radius 2 is 0.882 bits per heavy atom. The molecule has 2 heterocycles. The molecule has 0 saturated heterocycles. The fourth-order valence-corrected chi connectivity index (χ4v) is 7.97. The summed E-state index contributed by atoms with van der Waals surface area (Å²) in [7, 11) is 0. The molecule has 4 heteroatoms. The van der Waals surface area contributed by atoms with Crippen molar-refractivity contribution in [3.05, 3.63) is 203 Å². The predicted octanol–water partition coefficient (Wildman–Crippen LogP) is 10.8. The van der Waals surface area contributed by atoms with Gasteiger partial charge in [-0.25, -0.2) is 19.9 Å². The maximum atomic E-state index is 5.21. The predicted molar refractivity (Wildman–Crippen MR) is 206 cm³/mol. The van der Waals surface area contributed by atoms with Gasteiger partial charge in [0.05, 0.1) is 16.8 Å². The number of nitrogens with zero attached hydrogens (tertiary/aromatic N) is 4. The van der Waals surface area contributed by atoms with Crippen LogP contribution in [0, 0.1) is 0 Å². The van der Waals surface area contributed by atoms with Crippen LogP contribution in [-0.2, 0) is 5.41 Å². The number of fused-ring (bicyclic) bond motifs is 9. The Hall–Kier alpha value is -6.78. The molecule has 0 fully saturated rings. The molecule has 0 unspecified atom stereocenters. The molecule has 0 saturated carbocycles. The zero-order valence-electron chi connectivity index (χ0n) is 27.6. The molecule has 0 radical (unpaired) electrons. The lowest BCUT2D eigenvalue weighted by molar-refractivity contribution is 0.766. The molecule has 51 heavy (non-hydrogen) atoms. The SMILES string of the molecule is C1=Cc2ccc(-c3nc(-c4ccccc4)cc(-c4cnc(-c5ccccc5)nc4)n3)cc2C2(c3ccccc31)c1ccccc1-c1ccccc12. The molecule has 0 bridgehead atoms. The zero-order chi connectivity index (χ0) is 33.8. The Morgan fingerprint density at radius 3 is 1.55 bits per heavy atom. The minimum Gasteiger partial charge on any atom is -0.236 e. The van der Waals surface area contributed by atoms with Crippen molar-refractivity contribution in [1.29, 1.82) is 0 Å². The number of rotatable bonds is 4. The first kappa shape index (κ1) is 29.2. The molecule has 0 amide bonds. The van der Waals surface area contributed by atoms with Gasteiger partial charge >= 0.3 is 0 Å². The van der Waals surface area contributed by atoms with Gasteiger partial charge in [0, 0.05) is 34.6 Å². The molecule has 238 valence electrons. The van der Waals surface area contributed by atoms with Crippen LogP contribution in [0.5, 0.6) is 0 Å². The second kappa shape index (κ2) is 11.7. The normalized spacial score (nSPS) is 13.2. The zero-order valence-corrected chi connectivity index (χ0v) is 27.6. The number of aromatic nitrogens is 4. The van der Waals surface area contributed by atoms with E-state index in [0.717, 1.165) is 33.6 Å². The van der Waals surface area contributed by atoms with Crippen molar-refractivity contribution in [2.75, 3.05) is 0 Å². The van der Waals surface area contributed by atoms with Crippen LogP contribution in [0.1, 0.15) is 33.4 Å². The molecule has 1 spiro atoms. The fourth-order valence-electron chi connectivity index (χ4n) is 7.97. The summed E-state index contributed by atoms with van der Waals surface area (Å²) >= 11 is 0. The highest BCUT2D eigenvalue weighted by Crippen LogP contribution is 2.58. The molecule has 8 aromatic rings. The van der Waals surface area contributed by atoms with Crippen LogP contribution in [0.2, 0.25) is 0 Å². The van der Waals surface area contributed by atoms with Crippen LogP contribution in [-0.4, -0.2) is 19.9 Å². The Balaban J connectivity index is 1.20. The molecule has 0 atom stereocenters. The first-order chi connectivity index (χ1) is 25.3. The molecular weight excluding hydrogens is 621 g/mol. The van der Waals surface area contributed by atoms with Crippen molar-refractivity contribution in [1.82, 2.24) is 19.9 Å². The molecular formula is C47H30N4. The van der Waals surface area contributed by atoms with Crippen molar-refractivity contribution in [2.24, 2.45) is 0 Å². The molecule has 6 aromatic carbocycles. The summed E-state index contributed by atoms with van der Waals surface area (Å²) in [6.07, 6.45) is 8.23. The van der Waals surface area contributed by atoms with Gasteiger partial charge in [0.1, 0.15) is 0 Å². The topological polar surface area (TPSA) is 51.6 Å². The van der Waals surface area contributed by atoms with Crippen LogP contribution in [0.25, 0.3) is 68.6 Å². The molecule has 2 aliphatic rings. The smallest absolute Gasteiger partial charge is 0.160 e. The van der Waals surface area contributed by atoms with E-state index >= 15 is 0 Å². The quantitative estimate of drug-likeness (QED) is 0.190. The third-order valence-corrected chi connectivity index (χ3v) is 10.3. The van der Waals surface area contributed by atoms with Crippen molar-refractivity contribution in [3.63, 3.8) is 0 Å². The highest BCUT2D eigenvalue weighted by atomic mass is 14.9. The standard InChI is InChI=1S/C47H30N4/c1-3-14-33(15-4-1)43-28-44(36-29-48-45(49-30-36)34-16-5-2-6-17-34)51-46(50-43)35-26-25-32-24-23-31-13-7-10-20-39(31)47(42(32)27-35)40-21-11-8-18-37(40)38-19-9-12-22-41(38)47/h1-30H. The number of benzene rings is 6. The fraction of sp³-hybridized carbons (Fsp3) is 0.0213. The summed E-state index contributed by atoms with van der Waals surface area (Å²) < 4.78 is 0. The lowest BCUT2D eigenvalue weighted by Gasteiger charge is -2.35. The summed E-state index contributed by atoms with van der Waals surface area (Å²) in [6.45, 7) is 0. The molecule has 2 aromatic heterocycles. The summed E-state index contributed by atoms with van der Waals surface area (Å²) in [5, 5.41) is 0. The van der Waals surface area contributed by atoms with Crippen LogP contribution < -0.4 is 0 Å². The monoisotopic (exact) mass is 650 g/mol. The van der Waals surface area contributed by atoms with Gasteiger partial charge in [-0.15, -0.1) is 0 Å². The van der Waals surface area contributed by atoms with Crippen molar-refractivity contribution in [2.45, 2.75) is 5.41 Å². The Bertz CT molecular complexity index is 2580. The highest BCUT2D eigenvalue weighted by molar-refractivity contribution is 5.92. The summed E-state index contributed by atoms with van der Waals surface area (Å²) in [6, 6.07) is 55.6. The van der Waals surface area contributed by atoms with Gasteiger partial charge in [0.2, 0.25) is 0 Å². The summed E-state index contributed by atoms with van der Waals surface area (Å²) in [5.74, 6) is 1.33. The van der Waals surface area contributed by atoms with E-state index in [1.165, 1.54) is 44.5 Å². The minimum absolute atomic E-state index is 0.528. The maximum Gasteiger partial charge on any atom is 0.160 e. The van der Waals surface area contributed by atoms with E-state index in [2.05, 4.69) is 115 Å². The Labute approximate surface area is 296 Å². The third-order valence-electron chi connectivity index (χ3n) is 10.3.